The van der Waals surface area contributed by atoms with Crippen LogP contribution in [-0.4, -0.2) is 40.7 Å². The summed E-state index contributed by atoms with van der Waals surface area (Å²) in [6.45, 7) is 1.38. The van der Waals surface area contributed by atoms with Gasteiger partial charge in [0, 0.05) is 24.2 Å². The van der Waals surface area contributed by atoms with Crippen molar-refractivity contribution in [3.05, 3.63) is 77.6 Å². The van der Waals surface area contributed by atoms with E-state index in [2.05, 4.69) is 50.7 Å². The molecule has 1 N–H and O–H groups in total. The number of ether oxygens (including phenoxy) is 1. The number of fused-ring (bicyclic) bond motifs is 1. The summed E-state index contributed by atoms with van der Waals surface area (Å²) in [6, 6.07) is 20.3. The molecular weight excluding hydrogens is 388 g/mol. The van der Waals surface area contributed by atoms with Crippen LogP contribution in [0.15, 0.2) is 60.9 Å². The van der Waals surface area contributed by atoms with Crippen LogP contribution in [0, 0.1) is 11.3 Å². The summed E-state index contributed by atoms with van der Waals surface area (Å²) >= 11 is 0. The highest BCUT2D eigenvalue weighted by Crippen LogP contribution is 2.30. The minimum atomic E-state index is 0.505. The molecule has 7 nitrogen and oxygen atoms in total. The van der Waals surface area contributed by atoms with Gasteiger partial charge < -0.3 is 15.0 Å². The van der Waals surface area contributed by atoms with Crippen molar-refractivity contribution in [2.24, 2.45) is 0 Å². The van der Waals surface area contributed by atoms with Crippen molar-refractivity contribution < 1.29 is 4.74 Å². The van der Waals surface area contributed by atoms with E-state index in [0.717, 1.165) is 29.0 Å². The highest BCUT2D eigenvalue weighted by Gasteiger charge is 2.16. The minimum absolute atomic E-state index is 0.505. The summed E-state index contributed by atoms with van der Waals surface area (Å²) in [4.78, 5) is 2.13. The molecule has 7 heteroatoms. The normalized spacial score (nSPS) is 10.9. The maximum absolute atomic E-state index is 9.85. The van der Waals surface area contributed by atoms with Crippen molar-refractivity contribution >= 4 is 11.5 Å². The van der Waals surface area contributed by atoms with Crippen molar-refractivity contribution in [2.75, 3.05) is 26.5 Å². The zero-order valence-corrected chi connectivity index (χ0v) is 17.8. The number of benzene rings is 2. The average Bonchev–Trinajstić information content (AvgIpc) is 3.27. The summed E-state index contributed by atoms with van der Waals surface area (Å²) in [7, 11) is 5.74. The van der Waals surface area contributed by atoms with Crippen LogP contribution < -0.4 is 10.1 Å². The fourth-order valence-electron chi connectivity index (χ4n) is 3.65. The maximum atomic E-state index is 9.85. The summed E-state index contributed by atoms with van der Waals surface area (Å²) in [5.41, 5.74) is 5.30. The van der Waals surface area contributed by atoms with Crippen molar-refractivity contribution in [2.45, 2.75) is 13.1 Å². The Morgan fingerprint density at radius 1 is 1.13 bits per heavy atom. The zero-order valence-electron chi connectivity index (χ0n) is 17.8. The summed E-state index contributed by atoms with van der Waals surface area (Å²) in [6.07, 6.45) is 1.63. The van der Waals surface area contributed by atoms with Crippen LogP contribution in [0.25, 0.3) is 16.8 Å². The van der Waals surface area contributed by atoms with Crippen LogP contribution >= 0.6 is 0 Å². The van der Waals surface area contributed by atoms with Crippen LogP contribution in [0.4, 0.5) is 5.82 Å². The van der Waals surface area contributed by atoms with Gasteiger partial charge in [-0.1, -0.05) is 42.5 Å². The quantitative estimate of drug-likeness (QED) is 0.495. The number of nitrogens with one attached hydrogen (secondary N) is 1. The number of methoxy groups -OCH3 is 1. The molecule has 0 atom stereocenters. The second-order valence-electron chi connectivity index (χ2n) is 7.56. The van der Waals surface area contributed by atoms with Gasteiger partial charge in [-0.05, 0) is 37.4 Å². The van der Waals surface area contributed by atoms with Crippen LogP contribution in [0.5, 0.6) is 5.75 Å². The van der Waals surface area contributed by atoms with E-state index < -0.39 is 0 Å². The van der Waals surface area contributed by atoms with Gasteiger partial charge in [0.2, 0.25) is 0 Å². The molecule has 156 valence electrons. The number of nitrogens with zero attached hydrogens (tertiary/aromatic N) is 5. The van der Waals surface area contributed by atoms with E-state index in [9.17, 15) is 5.26 Å². The Morgan fingerprint density at radius 2 is 1.90 bits per heavy atom. The van der Waals surface area contributed by atoms with Gasteiger partial charge in [-0.25, -0.2) is 0 Å². The lowest BCUT2D eigenvalue weighted by atomic mass is 10.0. The van der Waals surface area contributed by atoms with Gasteiger partial charge in [0.25, 0.3) is 0 Å². The minimum Gasteiger partial charge on any atom is -0.496 e. The lowest BCUT2D eigenvalue weighted by Crippen LogP contribution is -2.10. The monoisotopic (exact) mass is 412 g/mol. The highest BCUT2D eigenvalue weighted by molar-refractivity contribution is 5.81. The second-order valence-corrected chi connectivity index (χ2v) is 7.56. The van der Waals surface area contributed by atoms with E-state index in [-0.39, 0.29) is 0 Å². The molecule has 4 aromatic rings. The van der Waals surface area contributed by atoms with Crippen LogP contribution in [0.2, 0.25) is 0 Å². The zero-order chi connectivity index (χ0) is 21.8. The molecule has 0 aliphatic rings. The number of hydrogen-bond acceptors (Lipinski definition) is 6. The predicted molar refractivity (Wildman–Crippen MR) is 121 cm³/mol. The van der Waals surface area contributed by atoms with Crippen molar-refractivity contribution in [1.82, 2.24) is 19.5 Å². The molecule has 2 aromatic carbocycles. The Hall–Kier alpha value is -3.89. The fraction of sp³-hybridized carbons (Fsp3) is 0.208. The van der Waals surface area contributed by atoms with E-state index in [4.69, 9.17) is 4.74 Å². The van der Waals surface area contributed by atoms with E-state index in [0.29, 0.717) is 23.6 Å². The second kappa shape index (κ2) is 8.86. The number of nitriles is 1. The molecular formula is C24H24N6O. The summed E-state index contributed by atoms with van der Waals surface area (Å²) in [5.74, 6) is 1.45. The Morgan fingerprint density at radius 3 is 2.61 bits per heavy atom. The van der Waals surface area contributed by atoms with Gasteiger partial charge in [0.15, 0.2) is 5.65 Å². The van der Waals surface area contributed by atoms with Gasteiger partial charge in [0.05, 0.1) is 12.7 Å². The van der Waals surface area contributed by atoms with Gasteiger partial charge in [-0.15, -0.1) is 10.2 Å². The average molecular weight is 412 g/mol. The number of para-hydroxylation sites is 1. The molecule has 0 saturated carbocycles. The van der Waals surface area contributed by atoms with Crippen molar-refractivity contribution in [3.63, 3.8) is 0 Å². The van der Waals surface area contributed by atoms with Gasteiger partial charge in [-0.2, -0.15) is 5.26 Å². The predicted octanol–water partition coefficient (Wildman–Crippen LogP) is 3.95. The van der Waals surface area contributed by atoms with Gasteiger partial charge in [-0.3, -0.25) is 4.40 Å². The van der Waals surface area contributed by atoms with Gasteiger partial charge >= 0.3 is 0 Å². The van der Waals surface area contributed by atoms with Crippen LogP contribution in [-0.2, 0) is 13.1 Å². The molecule has 0 bridgehead atoms. The standard InChI is InChI=1S/C24H24N6O/c1-29(2)15-17-8-10-18(11-9-17)21-12-20(13-25)23(30-16-27-28-24(21)30)26-14-19-6-4-5-7-22(19)31-3/h4-12,16,26H,14-15H2,1-3H3. The number of hydrogen-bond donors (Lipinski definition) is 1. The molecule has 0 unspecified atom stereocenters. The molecule has 0 fully saturated rings. The SMILES string of the molecule is COc1ccccc1CNc1c(C#N)cc(-c2ccc(CN(C)C)cc2)c2nncn12. The Labute approximate surface area is 181 Å². The smallest absolute Gasteiger partial charge is 0.170 e. The number of rotatable bonds is 7. The summed E-state index contributed by atoms with van der Waals surface area (Å²) in [5, 5.41) is 21.6. The Bertz CT molecular complexity index is 1240. The third-order valence-corrected chi connectivity index (χ3v) is 5.10. The Balaban J connectivity index is 1.71. The van der Waals surface area contributed by atoms with Crippen molar-refractivity contribution in [1.29, 1.82) is 5.26 Å². The van der Waals surface area contributed by atoms with E-state index >= 15 is 0 Å². The molecule has 2 aromatic heterocycles. The maximum Gasteiger partial charge on any atom is 0.170 e. The summed E-state index contributed by atoms with van der Waals surface area (Å²) < 4.78 is 7.26. The molecule has 0 radical (unpaired) electrons. The van der Waals surface area contributed by atoms with E-state index in [1.807, 2.05) is 48.8 Å². The third kappa shape index (κ3) is 4.20. The fourth-order valence-corrected chi connectivity index (χ4v) is 3.65. The first kappa shape index (κ1) is 20.4. The Kier molecular flexibility index (Phi) is 5.83. The number of aromatic nitrogens is 3. The molecule has 0 spiro atoms. The third-order valence-electron chi connectivity index (χ3n) is 5.10. The lowest BCUT2D eigenvalue weighted by Gasteiger charge is -2.15. The van der Waals surface area contributed by atoms with E-state index in [1.165, 1.54) is 5.56 Å². The van der Waals surface area contributed by atoms with Gasteiger partial charge in [0.1, 0.15) is 24.0 Å². The topological polar surface area (TPSA) is 78.5 Å². The lowest BCUT2D eigenvalue weighted by molar-refractivity contribution is 0.402. The molecule has 0 aliphatic heterocycles. The first-order valence-electron chi connectivity index (χ1n) is 9.97. The molecule has 0 aliphatic carbocycles. The number of anilines is 1. The molecule has 31 heavy (non-hydrogen) atoms. The van der Waals surface area contributed by atoms with Crippen molar-refractivity contribution in [3.8, 4) is 22.9 Å². The first-order chi connectivity index (χ1) is 15.1. The molecule has 0 amide bonds. The molecule has 0 saturated heterocycles. The largest absolute Gasteiger partial charge is 0.496 e. The highest BCUT2D eigenvalue weighted by atomic mass is 16.5. The van der Waals surface area contributed by atoms with Crippen LogP contribution in [0.3, 0.4) is 0 Å². The molecule has 4 rings (SSSR count). The molecule has 2 heterocycles. The van der Waals surface area contributed by atoms with Crippen LogP contribution in [0.1, 0.15) is 16.7 Å². The first-order valence-corrected chi connectivity index (χ1v) is 9.97. The number of pyridine rings is 1. The van der Waals surface area contributed by atoms with E-state index in [1.54, 1.807) is 13.4 Å².